The summed E-state index contributed by atoms with van der Waals surface area (Å²) in [4.78, 5) is 4.01. The molecule has 1 aromatic rings. The number of halogens is 3. The molecule has 0 bridgehead atoms. The number of nitrogens with zero attached hydrogens (tertiary/aromatic N) is 1. The first-order valence-electron chi connectivity index (χ1n) is 5.70. The summed E-state index contributed by atoms with van der Waals surface area (Å²) in [5, 5.41) is 5.49. The summed E-state index contributed by atoms with van der Waals surface area (Å²) in [7, 11) is -0.999. The Bertz CT molecular complexity index is 451. The SMILES string of the molecule is CCNc1cc(C(F)(F)F)cc(NCCS(C)=O)n1. The number of hydrogen-bond donors (Lipinski definition) is 2. The van der Waals surface area contributed by atoms with Crippen LogP contribution in [-0.4, -0.2) is 34.3 Å². The van der Waals surface area contributed by atoms with Crippen LogP contribution >= 0.6 is 0 Å². The van der Waals surface area contributed by atoms with Gasteiger partial charge in [0.25, 0.3) is 0 Å². The van der Waals surface area contributed by atoms with E-state index in [0.717, 1.165) is 12.1 Å². The maximum absolute atomic E-state index is 12.7. The van der Waals surface area contributed by atoms with Crippen LogP contribution in [0.3, 0.4) is 0 Å². The third-order valence-corrected chi connectivity index (χ3v) is 2.99. The van der Waals surface area contributed by atoms with Crippen LogP contribution in [0.15, 0.2) is 12.1 Å². The molecule has 4 nitrogen and oxygen atoms in total. The lowest BCUT2D eigenvalue weighted by Crippen LogP contribution is -2.14. The highest BCUT2D eigenvalue weighted by Crippen LogP contribution is 2.31. The summed E-state index contributed by atoms with van der Waals surface area (Å²) in [6, 6.07) is 1.91. The maximum Gasteiger partial charge on any atom is 0.416 e. The molecule has 0 saturated heterocycles. The van der Waals surface area contributed by atoms with Crippen LogP contribution in [0.4, 0.5) is 24.8 Å². The largest absolute Gasteiger partial charge is 0.416 e. The van der Waals surface area contributed by atoms with E-state index in [0.29, 0.717) is 18.8 Å². The first-order chi connectivity index (χ1) is 8.82. The number of nitrogens with one attached hydrogen (secondary N) is 2. The Hall–Kier alpha value is -1.31. The van der Waals surface area contributed by atoms with Gasteiger partial charge < -0.3 is 10.6 Å². The molecule has 1 aromatic heterocycles. The molecular weight excluding hydrogens is 279 g/mol. The third kappa shape index (κ3) is 5.46. The second kappa shape index (κ2) is 6.74. The van der Waals surface area contributed by atoms with Crippen molar-refractivity contribution in [3.05, 3.63) is 17.7 Å². The molecule has 108 valence electrons. The van der Waals surface area contributed by atoms with Crippen molar-refractivity contribution in [1.29, 1.82) is 0 Å². The summed E-state index contributed by atoms with van der Waals surface area (Å²) < 4.78 is 49.0. The molecule has 0 radical (unpaired) electrons. The van der Waals surface area contributed by atoms with Gasteiger partial charge in [-0.25, -0.2) is 4.98 Å². The van der Waals surface area contributed by atoms with Gasteiger partial charge in [-0.05, 0) is 19.1 Å². The first-order valence-corrected chi connectivity index (χ1v) is 7.42. The van der Waals surface area contributed by atoms with E-state index in [9.17, 15) is 17.4 Å². The van der Waals surface area contributed by atoms with Gasteiger partial charge in [0.05, 0.1) is 5.56 Å². The van der Waals surface area contributed by atoms with Gasteiger partial charge in [-0.2, -0.15) is 13.2 Å². The number of rotatable bonds is 6. The van der Waals surface area contributed by atoms with Crippen LogP contribution in [0.25, 0.3) is 0 Å². The monoisotopic (exact) mass is 295 g/mol. The van der Waals surface area contributed by atoms with Crippen LogP contribution < -0.4 is 10.6 Å². The van der Waals surface area contributed by atoms with Crippen molar-refractivity contribution >= 4 is 22.4 Å². The van der Waals surface area contributed by atoms with Gasteiger partial charge in [0.2, 0.25) is 0 Å². The molecule has 2 N–H and O–H groups in total. The fourth-order valence-electron chi connectivity index (χ4n) is 1.38. The maximum atomic E-state index is 12.7. The predicted molar refractivity (Wildman–Crippen MR) is 70.8 cm³/mol. The Morgan fingerprint density at radius 2 is 1.84 bits per heavy atom. The topological polar surface area (TPSA) is 54.0 Å². The summed E-state index contributed by atoms with van der Waals surface area (Å²) in [6.07, 6.45) is -2.89. The minimum Gasteiger partial charge on any atom is -0.370 e. The molecule has 0 amide bonds. The fraction of sp³-hybridized carbons (Fsp3) is 0.545. The summed E-state index contributed by atoms with van der Waals surface area (Å²) in [6.45, 7) is 2.56. The number of alkyl halides is 3. The Labute approximate surface area is 112 Å². The molecule has 0 aliphatic rings. The third-order valence-electron chi connectivity index (χ3n) is 2.21. The van der Waals surface area contributed by atoms with E-state index >= 15 is 0 Å². The number of pyridine rings is 1. The van der Waals surface area contributed by atoms with E-state index < -0.39 is 22.5 Å². The lowest BCUT2D eigenvalue weighted by atomic mass is 10.2. The molecule has 0 aliphatic heterocycles. The van der Waals surface area contributed by atoms with Crippen molar-refractivity contribution in [3.63, 3.8) is 0 Å². The molecule has 0 aliphatic carbocycles. The van der Waals surface area contributed by atoms with Crippen molar-refractivity contribution in [2.45, 2.75) is 13.1 Å². The summed E-state index contributed by atoms with van der Waals surface area (Å²) in [5.41, 5.74) is -0.765. The Morgan fingerprint density at radius 1 is 1.26 bits per heavy atom. The zero-order valence-electron chi connectivity index (χ0n) is 10.7. The number of anilines is 2. The molecule has 0 saturated carbocycles. The quantitative estimate of drug-likeness (QED) is 0.845. The molecule has 1 rings (SSSR count). The van der Waals surface area contributed by atoms with Gasteiger partial charge in [-0.3, -0.25) is 4.21 Å². The second-order valence-electron chi connectivity index (χ2n) is 3.86. The smallest absolute Gasteiger partial charge is 0.370 e. The van der Waals surface area contributed by atoms with Gasteiger partial charge in [0.15, 0.2) is 0 Å². The fourth-order valence-corrected chi connectivity index (χ4v) is 1.77. The van der Waals surface area contributed by atoms with E-state index in [-0.39, 0.29) is 11.6 Å². The van der Waals surface area contributed by atoms with Crippen LogP contribution in [-0.2, 0) is 17.0 Å². The highest BCUT2D eigenvalue weighted by molar-refractivity contribution is 7.84. The molecular formula is C11H16F3N3OS. The standard InChI is InChI=1S/C11H16F3N3OS/c1-3-15-9-6-8(11(12,13)14)7-10(17-9)16-4-5-19(2)18/h6-7H,3-5H2,1-2H3,(H2,15,16,17). The van der Waals surface area contributed by atoms with Crippen molar-refractivity contribution in [2.24, 2.45) is 0 Å². The number of hydrogen-bond acceptors (Lipinski definition) is 4. The summed E-state index contributed by atoms with van der Waals surface area (Å²) in [5.74, 6) is 0.641. The zero-order valence-corrected chi connectivity index (χ0v) is 11.5. The summed E-state index contributed by atoms with van der Waals surface area (Å²) >= 11 is 0. The molecule has 8 heteroatoms. The van der Waals surface area contributed by atoms with E-state index in [4.69, 9.17) is 0 Å². The molecule has 1 heterocycles. The first kappa shape index (κ1) is 15.7. The van der Waals surface area contributed by atoms with Crippen molar-refractivity contribution in [2.75, 3.05) is 35.7 Å². The molecule has 19 heavy (non-hydrogen) atoms. The Morgan fingerprint density at radius 3 is 2.32 bits per heavy atom. The lowest BCUT2D eigenvalue weighted by Gasteiger charge is -2.13. The zero-order chi connectivity index (χ0) is 14.5. The van der Waals surface area contributed by atoms with Gasteiger partial charge >= 0.3 is 6.18 Å². The van der Waals surface area contributed by atoms with Crippen LogP contribution in [0.2, 0.25) is 0 Å². The number of aromatic nitrogens is 1. The molecule has 0 fully saturated rings. The highest BCUT2D eigenvalue weighted by Gasteiger charge is 2.31. The molecule has 0 spiro atoms. The second-order valence-corrected chi connectivity index (χ2v) is 5.41. The van der Waals surface area contributed by atoms with Crippen LogP contribution in [0, 0.1) is 0 Å². The average Bonchev–Trinajstić information content (AvgIpc) is 2.27. The van der Waals surface area contributed by atoms with Gasteiger partial charge in [-0.1, -0.05) is 0 Å². The normalized spacial score (nSPS) is 13.1. The molecule has 1 unspecified atom stereocenters. The minimum atomic E-state index is -4.42. The van der Waals surface area contributed by atoms with E-state index in [1.807, 2.05) is 0 Å². The Kier molecular flexibility index (Phi) is 5.59. The van der Waals surface area contributed by atoms with E-state index in [1.54, 1.807) is 6.92 Å². The predicted octanol–water partition coefficient (Wildman–Crippen LogP) is 2.32. The van der Waals surface area contributed by atoms with Gasteiger partial charge in [0.1, 0.15) is 11.6 Å². The lowest BCUT2D eigenvalue weighted by molar-refractivity contribution is -0.137. The minimum absolute atomic E-state index is 0.122. The van der Waals surface area contributed by atoms with Crippen molar-refractivity contribution in [3.8, 4) is 0 Å². The average molecular weight is 295 g/mol. The van der Waals surface area contributed by atoms with Gasteiger partial charge in [-0.15, -0.1) is 0 Å². The van der Waals surface area contributed by atoms with Crippen molar-refractivity contribution < 1.29 is 17.4 Å². The van der Waals surface area contributed by atoms with E-state index in [2.05, 4.69) is 15.6 Å². The van der Waals surface area contributed by atoms with E-state index in [1.165, 1.54) is 6.26 Å². The van der Waals surface area contributed by atoms with Gasteiger partial charge in [0, 0.05) is 35.9 Å². The molecule has 1 atom stereocenters. The molecule has 0 aromatic carbocycles. The van der Waals surface area contributed by atoms with Crippen LogP contribution in [0.1, 0.15) is 12.5 Å². The Balaban J connectivity index is 2.90. The highest BCUT2D eigenvalue weighted by atomic mass is 32.2. The van der Waals surface area contributed by atoms with Crippen molar-refractivity contribution in [1.82, 2.24) is 4.98 Å². The van der Waals surface area contributed by atoms with Crippen LogP contribution in [0.5, 0.6) is 0 Å².